The van der Waals surface area contributed by atoms with Gasteiger partial charge in [0.15, 0.2) is 18.3 Å². The summed E-state index contributed by atoms with van der Waals surface area (Å²) in [5.74, 6) is -2.24. The van der Waals surface area contributed by atoms with Gasteiger partial charge in [0.25, 0.3) is 0 Å². The molecule has 44 heavy (non-hydrogen) atoms. The number of hydrogen-bond acceptors (Lipinski definition) is 13. The molecule has 0 amide bonds. The zero-order valence-corrected chi connectivity index (χ0v) is 23.8. The van der Waals surface area contributed by atoms with Gasteiger partial charge in [0.2, 0.25) is 0 Å². The second-order valence-corrected chi connectivity index (χ2v) is 10.1. The number of fused-ring (bicyclic) bond motifs is 1. The molecule has 0 radical (unpaired) electrons. The number of nitrogens with zero attached hydrogens (tertiary/aromatic N) is 9. The van der Waals surface area contributed by atoms with Crippen molar-refractivity contribution in [3.05, 3.63) is 67.2 Å². The van der Waals surface area contributed by atoms with Gasteiger partial charge in [0.05, 0.1) is 12.6 Å². The van der Waals surface area contributed by atoms with Crippen LogP contribution in [-0.4, -0.2) is 79.1 Å². The number of carbonyl (C=O) groups excluding carboxylic acids is 3. The molecule has 1 aromatic carbocycles. The largest absolute Gasteiger partial charge is 0.459 e. The molecule has 2 heterocycles. The Balaban J connectivity index is 1.70. The number of carbonyl (C=O) groups is 3. The minimum atomic E-state index is -1.96. The molecule has 4 rings (SSSR count). The second kappa shape index (κ2) is 14.2. The lowest BCUT2D eigenvalue weighted by atomic mass is 9.83. The Morgan fingerprint density at radius 2 is 1.52 bits per heavy atom. The first-order valence-electron chi connectivity index (χ1n) is 13.4. The molecule has 0 N–H and O–H groups in total. The van der Waals surface area contributed by atoms with E-state index >= 15 is 0 Å². The average Bonchev–Trinajstić information content (AvgIpc) is 2.96. The van der Waals surface area contributed by atoms with E-state index in [4.69, 9.17) is 33.2 Å². The molecule has 3 aliphatic rings. The quantitative estimate of drug-likeness (QED) is 0.127. The van der Waals surface area contributed by atoms with Crippen LogP contribution in [0, 0.1) is 0 Å². The van der Waals surface area contributed by atoms with Gasteiger partial charge < -0.3 is 33.2 Å². The summed E-state index contributed by atoms with van der Waals surface area (Å²) < 4.78 is 40.6. The van der Waals surface area contributed by atoms with Crippen LogP contribution in [0.1, 0.15) is 45.5 Å². The first kappa shape index (κ1) is 32.3. The predicted molar refractivity (Wildman–Crippen MR) is 143 cm³/mol. The van der Waals surface area contributed by atoms with E-state index in [9.17, 15) is 31.0 Å². The number of rotatable bonds is 9. The van der Waals surface area contributed by atoms with E-state index in [-0.39, 0.29) is 19.4 Å². The zero-order chi connectivity index (χ0) is 31.9. The van der Waals surface area contributed by atoms with E-state index in [1.165, 1.54) is 0 Å². The van der Waals surface area contributed by atoms with Crippen LogP contribution >= 0.6 is 0 Å². The Bertz CT molecular complexity index is 1380. The third-order valence-electron chi connectivity index (χ3n) is 7.04. The molecular weight excluding hydrogens is 586 g/mol. The molecule has 10 atom stereocenters. The van der Waals surface area contributed by atoms with Crippen molar-refractivity contribution in [2.24, 2.45) is 15.3 Å². The highest BCUT2D eigenvalue weighted by Gasteiger charge is 2.56. The average molecular weight is 616 g/mol. The van der Waals surface area contributed by atoms with Crippen LogP contribution in [0.3, 0.4) is 0 Å². The van der Waals surface area contributed by atoms with Gasteiger partial charge >= 0.3 is 17.9 Å². The fourth-order valence-corrected chi connectivity index (χ4v) is 5.49. The van der Waals surface area contributed by atoms with E-state index in [0.717, 1.165) is 20.8 Å². The van der Waals surface area contributed by atoms with E-state index in [2.05, 4.69) is 30.1 Å². The van der Waals surface area contributed by atoms with Crippen LogP contribution in [0.15, 0.2) is 45.7 Å². The van der Waals surface area contributed by atoms with Gasteiger partial charge in [-0.05, 0) is 23.0 Å². The maximum absolute atomic E-state index is 12.2. The summed E-state index contributed by atoms with van der Waals surface area (Å²) in [4.78, 5) is 44.6. The van der Waals surface area contributed by atoms with Crippen LogP contribution in [0.25, 0.3) is 31.3 Å². The SMILES string of the molecule is CC(=O)OC1CC(N=[N+]=[N-])(O[C@H]2OC3CO[C@H](c4ccccc4)O[C@H]3C(OC(C)=O)C2N=[N+]=[N-])CC(N=[N+]=[N-])C1OC(C)=O. The number of ether oxygens (including phenoxy) is 7. The summed E-state index contributed by atoms with van der Waals surface area (Å²) in [6.45, 7) is 3.32. The van der Waals surface area contributed by atoms with Crippen LogP contribution in [0.2, 0.25) is 0 Å². The lowest BCUT2D eigenvalue weighted by Crippen LogP contribution is -2.64. The van der Waals surface area contributed by atoms with Gasteiger partial charge in [0, 0.05) is 47.5 Å². The first-order valence-corrected chi connectivity index (χ1v) is 13.4. The third kappa shape index (κ3) is 7.48. The predicted octanol–water partition coefficient (Wildman–Crippen LogP) is 3.80. The number of esters is 3. The van der Waals surface area contributed by atoms with Crippen molar-refractivity contribution in [3.8, 4) is 0 Å². The molecule has 234 valence electrons. The number of benzene rings is 1. The Morgan fingerprint density at radius 3 is 2.14 bits per heavy atom. The van der Waals surface area contributed by atoms with Crippen molar-refractivity contribution in [1.29, 1.82) is 0 Å². The Hall–Kier alpha value is -4.60. The molecule has 19 nitrogen and oxygen atoms in total. The van der Waals surface area contributed by atoms with Gasteiger partial charge in [0.1, 0.15) is 36.6 Å². The molecule has 3 fully saturated rings. The fraction of sp³-hybridized carbons (Fsp3) is 0.640. The molecule has 1 saturated carbocycles. The van der Waals surface area contributed by atoms with Gasteiger partial charge in [-0.25, -0.2) is 0 Å². The van der Waals surface area contributed by atoms with Crippen molar-refractivity contribution in [3.63, 3.8) is 0 Å². The lowest BCUT2D eigenvalue weighted by Gasteiger charge is -2.50. The topological polar surface area (TPSA) is 262 Å². The summed E-state index contributed by atoms with van der Waals surface area (Å²) in [5.41, 5.74) is 26.9. The summed E-state index contributed by atoms with van der Waals surface area (Å²) >= 11 is 0. The molecule has 1 aliphatic carbocycles. The highest BCUT2D eigenvalue weighted by atomic mass is 16.8. The molecule has 0 bridgehead atoms. The van der Waals surface area contributed by atoms with Crippen LogP contribution in [0.4, 0.5) is 0 Å². The summed E-state index contributed by atoms with van der Waals surface area (Å²) in [5, 5.41) is 11.3. The Kier molecular flexibility index (Phi) is 10.5. The summed E-state index contributed by atoms with van der Waals surface area (Å²) in [7, 11) is 0. The summed E-state index contributed by atoms with van der Waals surface area (Å²) in [6, 6.07) is 6.34. The molecular formula is C25H29N9O10. The van der Waals surface area contributed by atoms with Crippen LogP contribution in [0.5, 0.6) is 0 Å². The van der Waals surface area contributed by atoms with E-state index in [0.29, 0.717) is 5.56 Å². The maximum Gasteiger partial charge on any atom is 0.303 e. The van der Waals surface area contributed by atoms with Gasteiger partial charge in [-0.15, -0.1) is 0 Å². The van der Waals surface area contributed by atoms with Gasteiger partial charge in [-0.1, -0.05) is 45.7 Å². The van der Waals surface area contributed by atoms with E-state index in [1.807, 2.05) is 6.07 Å². The van der Waals surface area contributed by atoms with Crippen LogP contribution < -0.4 is 0 Å². The third-order valence-corrected chi connectivity index (χ3v) is 7.04. The van der Waals surface area contributed by atoms with E-state index in [1.54, 1.807) is 24.3 Å². The van der Waals surface area contributed by atoms with Gasteiger partial charge in [-0.3, -0.25) is 14.4 Å². The second-order valence-electron chi connectivity index (χ2n) is 10.1. The molecule has 0 aromatic heterocycles. The zero-order valence-electron chi connectivity index (χ0n) is 23.8. The normalized spacial score (nSPS) is 34.4. The minimum absolute atomic E-state index is 0.0642. The molecule has 2 saturated heterocycles. The lowest BCUT2D eigenvalue weighted by molar-refractivity contribution is -0.358. The summed E-state index contributed by atoms with van der Waals surface area (Å²) in [6.07, 6.45) is -8.84. The van der Waals surface area contributed by atoms with Gasteiger partial charge in [-0.2, -0.15) is 0 Å². The monoisotopic (exact) mass is 615 g/mol. The highest BCUT2D eigenvalue weighted by Crippen LogP contribution is 2.43. The van der Waals surface area contributed by atoms with Crippen LogP contribution in [-0.2, 0) is 47.5 Å². The van der Waals surface area contributed by atoms with Crippen molar-refractivity contribution in [1.82, 2.24) is 0 Å². The van der Waals surface area contributed by atoms with E-state index < -0.39 is 78.8 Å². The fourth-order valence-electron chi connectivity index (χ4n) is 5.49. The number of hydrogen-bond donors (Lipinski definition) is 0. The smallest absolute Gasteiger partial charge is 0.303 e. The minimum Gasteiger partial charge on any atom is -0.459 e. The Morgan fingerprint density at radius 1 is 0.864 bits per heavy atom. The first-order chi connectivity index (χ1) is 21.1. The van der Waals surface area contributed by atoms with Crippen molar-refractivity contribution >= 4 is 17.9 Å². The van der Waals surface area contributed by atoms with Crippen molar-refractivity contribution in [2.45, 2.75) is 94.5 Å². The molecule has 7 unspecified atom stereocenters. The van der Waals surface area contributed by atoms with Crippen molar-refractivity contribution in [2.75, 3.05) is 6.61 Å². The maximum atomic E-state index is 12.2. The molecule has 2 aliphatic heterocycles. The van der Waals surface area contributed by atoms with Crippen molar-refractivity contribution < 1.29 is 47.5 Å². The standard InChI is InChI=1S/C25H29N9O10/c1-12(35)39-17-10-25(31-34-28,9-16(29-32-26)20(17)40-13(2)36)44-24-19(30-33-27)22(41-14(3)37)21-18(42-24)11-38-23(43-21)15-7-5-4-6-8-15/h4-8,16-24H,9-11H2,1-3H3/t16?,17?,18?,19?,20?,21-,22?,23+,24-,25?/m1/s1. The molecule has 1 aromatic rings. The number of azide groups is 3. The highest BCUT2D eigenvalue weighted by molar-refractivity contribution is 5.67. The molecule has 19 heteroatoms. The molecule has 0 spiro atoms. The Labute approximate surface area is 249 Å².